The van der Waals surface area contributed by atoms with Gasteiger partial charge in [-0.1, -0.05) is 49.0 Å². The van der Waals surface area contributed by atoms with Crippen molar-refractivity contribution in [3.05, 3.63) is 51.9 Å². The molecule has 3 rings (SSSR count). The summed E-state index contributed by atoms with van der Waals surface area (Å²) in [6.07, 6.45) is 1.79. The van der Waals surface area contributed by atoms with Crippen molar-refractivity contribution in [3.8, 4) is 0 Å². The Balaban J connectivity index is 1.91. The van der Waals surface area contributed by atoms with Crippen LogP contribution in [0.1, 0.15) is 18.2 Å². The molecule has 0 bridgehead atoms. The Hall–Kier alpha value is -1.20. The van der Waals surface area contributed by atoms with Crippen molar-refractivity contribution in [2.45, 2.75) is 36.4 Å². The van der Waals surface area contributed by atoms with Gasteiger partial charge in [0.05, 0.1) is 10.6 Å². The largest absolute Gasteiger partial charge is 0.286 e. The predicted molar refractivity (Wildman–Crippen MR) is 89.5 cm³/mol. The van der Waals surface area contributed by atoms with Crippen molar-refractivity contribution in [1.82, 2.24) is 9.55 Å². The third-order valence-corrected chi connectivity index (χ3v) is 5.45. The second-order valence-corrected chi connectivity index (χ2v) is 7.23. The molecule has 110 valence electrons. The van der Waals surface area contributed by atoms with Gasteiger partial charge in [0.25, 0.3) is 5.56 Å². The maximum Gasteiger partial charge on any atom is 0.268 e. The molecule has 1 aromatic heterocycles. The zero-order valence-corrected chi connectivity index (χ0v) is 13.7. The number of hydrogen-bond acceptors (Lipinski definition) is 4. The van der Waals surface area contributed by atoms with Gasteiger partial charge in [-0.2, -0.15) is 0 Å². The second kappa shape index (κ2) is 6.71. The van der Waals surface area contributed by atoms with Crippen molar-refractivity contribution in [2.24, 2.45) is 0 Å². The van der Waals surface area contributed by atoms with Crippen LogP contribution in [0, 0.1) is 0 Å². The highest BCUT2D eigenvalue weighted by atomic mass is 32.2. The first-order valence-electron chi connectivity index (χ1n) is 7.23. The summed E-state index contributed by atoms with van der Waals surface area (Å²) in [5, 5.41) is 0.875. The quantitative estimate of drug-likeness (QED) is 0.626. The van der Waals surface area contributed by atoms with Crippen molar-refractivity contribution in [2.75, 3.05) is 11.5 Å². The molecule has 2 heterocycles. The van der Waals surface area contributed by atoms with Crippen LogP contribution < -0.4 is 5.56 Å². The molecular weight excluding hydrogens is 300 g/mol. The highest BCUT2D eigenvalue weighted by molar-refractivity contribution is 7.99. The number of hydrogen-bond donors (Lipinski definition) is 0. The highest BCUT2D eigenvalue weighted by Gasteiger charge is 2.21. The minimum atomic E-state index is 0.148. The Morgan fingerprint density at radius 1 is 1.33 bits per heavy atom. The van der Waals surface area contributed by atoms with E-state index in [1.54, 1.807) is 23.5 Å². The maximum atomic E-state index is 12.7. The van der Waals surface area contributed by atoms with Gasteiger partial charge in [0.15, 0.2) is 5.16 Å². The average Bonchev–Trinajstić information content (AvgIpc) is 2.97. The molecule has 0 atom stereocenters. The summed E-state index contributed by atoms with van der Waals surface area (Å²) in [5.74, 6) is 1.92. The number of nitrogens with zero attached hydrogens (tertiary/aromatic N) is 2. The first-order chi connectivity index (χ1) is 10.3. The minimum absolute atomic E-state index is 0.148. The molecule has 1 aliphatic rings. The van der Waals surface area contributed by atoms with Crippen molar-refractivity contribution >= 4 is 23.5 Å². The van der Waals surface area contributed by atoms with Gasteiger partial charge in [0.2, 0.25) is 0 Å². The van der Waals surface area contributed by atoms with Gasteiger partial charge in [-0.3, -0.25) is 9.36 Å². The fourth-order valence-corrected chi connectivity index (χ4v) is 4.26. The van der Waals surface area contributed by atoms with Gasteiger partial charge >= 0.3 is 0 Å². The molecule has 0 saturated heterocycles. The third-order valence-electron chi connectivity index (χ3n) is 3.49. The third kappa shape index (κ3) is 3.19. The van der Waals surface area contributed by atoms with Crippen molar-refractivity contribution in [3.63, 3.8) is 0 Å². The van der Waals surface area contributed by atoms with Gasteiger partial charge in [0.1, 0.15) is 0 Å². The zero-order valence-electron chi connectivity index (χ0n) is 12.0. The molecule has 0 amide bonds. The van der Waals surface area contributed by atoms with Gasteiger partial charge in [-0.05, 0) is 17.7 Å². The first-order valence-corrected chi connectivity index (χ1v) is 9.20. The van der Waals surface area contributed by atoms with Gasteiger partial charge in [0, 0.05) is 18.7 Å². The molecule has 0 aliphatic carbocycles. The summed E-state index contributed by atoms with van der Waals surface area (Å²) in [7, 11) is 0. The molecule has 0 radical (unpaired) electrons. The highest BCUT2D eigenvalue weighted by Crippen LogP contribution is 2.28. The molecule has 0 saturated carbocycles. The number of fused-ring (bicyclic) bond motifs is 1. The Morgan fingerprint density at radius 3 is 2.90 bits per heavy atom. The Labute approximate surface area is 133 Å². The molecule has 3 nitrogen and oxygen atoms in total. The van der Waals surface area contributed by atoms with Gasteiger partial charge in [-0.25, -0.2) is 4.98 Å². The number of rotatable bonds is 5. The van der Waals surface area contributed by atoms with Crippen LogP contribution in [0.4, 0.5) is 0 Å². The number of benzene rings is 1. The van der Waals surface area contributed by atoms with E-state index in [2.05, 4.69) is 19.1 Å². The van der Waals surface area contributed by atoms with Crippen LogP contribution in [-0.2, 0) is 19.4 Å². The van der Waals surface area contributed by atoms with E-state index in [0.29, 0.717) is 6.54 Å². The van der Waals surface area contributed by atoms with E-state index in [1.165, 1.54) is 5.56 Å². The number of aromatic nitrogens is 2. The van der Waals surface area contributed by atoms with Crippen molar-refractivity contribution < 1.29 is 0 Å². The average molecular weight is 318 g/mol. The molecule has 2 aromatic rings. The van der Waals surface area contributed by atoms with Crippen LogP contribution in [0.3, 0.4) is 0 Å². The second-order valence-electron chi connectivity index (χ2n) is 4.89. The lowest BCUT2D eigenvalue weighted by Crippen LogP contribution is -2.26. The topological polar surface area (TPSA) is 34.9 Å². The summed E-state index contributed by atoms with van der Waals surface area (Å²) in [6, 6.07) is 10.3. The predicted octanol–water partition coefficient (Wildman–Crippen LogP) is 3.25. The minimum Gasteiger partial charge on any atom is -0.286 e. The van der Waals surface area contributed by atoms with Crippen LogP contribution >= 0.6 is 23.5 Å². The summed E-state index contributed by atoms with van der Waals surface area (Å²) >= 11 is 3.31. The Morgan fingerprint density at radius 2 is 2.14 bits per heavy atom. The van der Waals surface area contributed by atoms with E-state index in [9.17, 15) is 4.79 Å². The van der Waals surface area contributed by atoms with Crippen LogP contribution in [0.25, 0.3) is 0 Å². The van der Waals surface area contributed by atoms with Crippen molar-refractivity contribution in [1.29, 1.82) is 0 Å². The fraction of sp³-hybridized carbons (Fsp3) is 0.375. The first kappa shape index (κ1) is 14.7. The summed E-state index contributed by atoms with van der Waals surface area (Å²) < 4.78 is 1.86. The van der Waals surface area contributed by atoms with E-state index in [-0.39, 0.29) is 5.56 Å². The van der Waals surface area contributed by atoms with E-state index >= 15 is 0 Å². The van der Waals surface area contributed by atoms with Crippen LogP contribution in [0.5, 0.6) is 0 Å². The Kier molecular flexibility index (Phi) is 4.70. The number of thioether (sulfide) groups is 2. The lowest BCUT2D eigenvalue weighted by Gasteiger charge is -2.13. The van der Waals surface area contributed by atoms with Gasteiger partial charge in [-0.15, -0.1) is 11.8 Å². The smallest absolute Gasteiger partial charge is 0.268 e. The summed E-state index contributed by atoms with van der Waals surface area (Å²) in [6.45, 7) is 2.80. The standard InChI is InChI=1S/C16H18N2OS2/c1-2-20-16-17-13-9-11-21-14(13)15(19)18(16)10-8-12-6-4-3-5-7-12/h3-7H,2,8-11H2,1H3. The number of aryl methyl sites for hydroxylation is 2. The molecule has 1 aromatic carbocycles. The molecule has 21 heavy (non-hydrogen) atoms. The fourth-order valence-electron chi connectivity index (χ4n) is 2.45. The molecule has 0 fully saturated rings. The zero-order chi connectivity index (χ0) is 14.7. The lowest BCUT2D eigenvalue weighted by molar-refractivity contribution is 0.566. The van der Waals surface area contributed by atoms with E-state index in [0.717, 1.165) is 40.1 Å². The summed E-state index contributed by atoms with van der Waals surface area (Å²) in [4.78, 5) is 18.3. The molecule has 0 N–H and O–H groups in total. The molecule has 0 unspecified atom stereocenters. The van der Waals surface area contributed by atoms with Crippen LogP contribution in [-0.4, -0.2) is 21.1 Å². The van der Waals surface area contributed by atoms with E-state index in [1.807, 2.05) is 22.8 Å². The van der Waals surface area contributed by atoms with E-state index < -0.39 is 0 Å². The summed E-state index contributed by atoms with van der Waals surface area (Å²) in [5.41, 5.74) is 2.40. The maximum absolute atomic E-state index is 12.7. The Bertz CT molecular complexity index is 683. The van der Waals surface area contributed by atoms with Crippen LogP contribution in [0.15, 0.2) is 45.2 Å². The van der Waals surface area contributed by atoms with Crippen LogP contribution in [0.2, 0.25) is 0 Å². The lowest BCUT2D eigenvalue weighted by atomic mass is 10.1. The van der Waals surface area contributed by atoms with Gasteiger partial charge < -0.3 is 0 Å². The monoisotopic (exact) mass is 318 g/mol. The SMILES string of the molecule is CCSc1nc2c(c(=O)n1CCc1ccccc1)SCC2. The molecular formula is C16H18N2OS2. The molecule has 0 spiro atoms. The molecule has 1 aliphatic heterocycles. The normalized spacial score (nSPS) is 13.4. The van der Waals surface area contributed by atoms with E-state index in [4.69, 9.17) is 4.98 Å². The molecule has 5 heteroatoms.